The molecule has 0 aliphatic carbocycles. The summed E-state index contributed by atoms with van der Waals surface area (Å²) < 4.78 is 3.73. The van der Waals surface area contributed by atoms with Gasteiger partial charge in [0.15, 0.2) is 0 Å². The molecule has 12 heavy (non-hydrogen) atoms. The molecule has 1 rings (SSSR count). The highest BCUT2D eigenvalue weighted by Gasteiger charge is 1.92. The lowest BCUT2D eigenvalue weighted by atomic mass is 10.3. The van der Waals surface area contributed by atoms with Crippen LogP contribution in [-0.2, 0) is 0 Å². The van der Waals surface area contributed by atoms with Crippen LogP contribution in [0.3, 0.4) is 0 Å². The lowest BCUT2D eigenvalue weighted by Gasteiger charge is -2.02. The van der Waals surface area contributed by atoms with Crippen LogP contribution in [0.1, 0.15) is 0 Å². The second-order valence-corrected chi connectivity index (χ2v) is 3.02. The van der Waals surface area contributed by atoms with Crippen molar-refractivity contribution in [3.05, 3.63) is 29.3 Å². The highest BCUT2D eigenvalue weighted by molar-refractivity contribution is 14.1. The molecule has 0 aliphatic heterocycles. The Hall–Kier alpha value is -0.490. The zero-order chi connectivity index (χ0) is 8.97. The minimum atomic E-state index is 0.373. The zero-order valence-electron chi connectivity index (χ0n) is 6.09. The molecule has 0 radical (unpaired) electrons. The van der Waals surface area contributed by atoms with E-state index in [0.29, 0.717) is 11.0 Å². The van der Waals surface area contributed by atoms with Gasteiger partial charge in [0, 0.05) is 10.7 Å². The third-order valence-electron chi connectivity index (χ3n) is 1.21. The number of guanidine groups is 1. The molecule has 0 saturated carbocycles. The van der Waals surface area contributed by atoms with E-state index >= 15 is 0 Å². The van der Waals surface area contributed by atoms with Crippen molar-refractivity contribution >= 4 is 46.1 Å². The van der Waals surface area contributed by atoms with Crippen LogP contribution in [0.5, 0.6) is 0 Å². The third kappa shape index (κ3) is 2.86. The number of halogens is 2. The smallest absolute Gasteiger partial charge is 0.203 e. The van der Waals surface area contributed by atoms with Crippen LogP contribution in [0.25, 0.3) is 0 Å². The van der Waals surface area contributed by atoms with Crippen LogP contribution in [0.4, 0.5) is 5.69 Å². The van der Waals surface area contributed by atoms with E-state index in [-0.39, 0.29) is 0 Å². The van der Waals surface area contributed by atoms with Crippen molar-refractivity contribution in [2.75, 3.05) is 5.32 Å². The maximum absolute atomic E-state index is 5.69. The predicted molar refractivity (Wildman–Crippen MR) is 60.7 cm³/mol. The molecule has 0 fully saturated rings. The quantitative estimate of drug-likeness (QED) is 0.475. The molecule has 1 aromatic carbocycles. The Balaban J connectivity index is 2.71. The monoisotopic (exact) mass is 295 g/mol. The average molecular weight is 296 g/mol. The Kier molecular flexibility index (Phi) is 3.61. The fourth-order valence-electron chi connectivity index (χ4n) is 0.702. The fraction of sp³-hybridized carbons (Fsp3) is 0. The molecule has 0 aromatic heterocycles. The summed E-state index contributed by atoms with van der Waals surface area (Å²) in [7, 11) is 0. The summed E-state index contributed by atoms with van der Waals surface area (Å²) in [5.41, 5.74) is 6.31. The average Bonchev–Trinajstić information content (AvgIpc) is 2.09. The minimum absolute atomic E-state index is 0.373. The van der Waals surface area contributed by atoms with Gasteiger partial charge in [0.25, 0.3) is 0 Å². The first-order chi connectivity index (χ1) is 5.72. The maximum Gasteiger partial charge on any atom is 0.203 e. The molecule has 0 bridgehead atoms. The van der Waals surface area contributed by atoms with Gasteiger partial charge in [0.1, 0.15) is 0 Å². The van der Waals surface area contributed by atoms with Gasteiger partial charge in [0.2, 0.25) is 5.96 Å². The summed E-state index contributed by atoms with van der Waals surface area (Å²) in [5, 5.41) is 3.58. The van der Waals surface area contributed by atoms with Crippen molar-refractivity contribution in [2.24, 2.45) is 8.94 Å². The number of nitrogens with one attached hydrogen (secondary N) is 1. The lowest BCUT2D eigenvalue weighted by Crippen LogP contribution is -2.20. The van der Waals surface area contributed by atoms with Gasteiger partial charge >= 0.3 is 0 Å². The van der Waals surface area contributed by atoms with Gasteiger partial charge in [-0.25, -0.2) is 0 Å². The standard InChI is InChI=1S/C7H7ClIN3/c8-5-1-3-6(4-2-5)11-7(10)12-9/h1-4H,(H3,10,11,12). The van der Waals surface area contributed by atoms with E-state index < -0.39 is 0 Å². The largest absolute Gasteiger partial charge is 0.369 e. The Morgan fingerprint density at radius 3 is 2.50 bits per heavy atom. The molecule has 0 amide bonds. The number of nitrogens with zero attached hydrogens (tertiary/aromatic N) is 1. The highest BCUT2D eigenvalue weighted by Crippen LogP contribution is 2.12. The number of hydrogen-bond acceptors (Lipinski definition) is 1. The summed E-state index contributed by atoms with van der Waals surface area (Å²) in [4.78, 5) is 0. The number of anilines is 1. The topological polar surface area (TPSA) is 50.4 Å². The first-order valence-corrected chi connectivity index (χ1v) is 4.53. The van der Waals surface area contributed by atoms with Crippen LogP contribution in [0.15, 0.2) is 27.5 Å². The summed E-state index contributed by atoms with van der Waals surface area (Å²) in [5.74, 6) is 0.373. The summed E-state index contributed by atoms with van der Waals surface area (Å²) in [6, 6.07) is 7.22. The van der Waals surface area contributed by atoms with Crippen molar-refractivity contribution < 1.29 is 0 Å². The summed E-state index contributed by atoms with van der Waals surface area (Å²) >= 11 is 7.51. The number of benzene rings is 1. The molecule has 1 aromatic rings. The Labute approximate surface area is 89.5 Å². The Bertz CT molecular complexity index is 283. The Morgan fingerprint density at radius 1 is 1.42 bits per heavy atom. The molecule has 0 saturated heterocycles. The summed E-state index contributed by atoms with van der Waals surface area (Å²) in [6.45, 7) is 0. The zero-order valence-corrected chi connectivity index (χ0v) is 9.00. The first-order valence-electron chi connectivity index (χ1n) is 3.19. The van der Waals surface area contributed by atoms with E-state index in [1.165, 1.54) is 0 Å². The van der Waals surface area contributed by atoms with E-state index in [0.717, 1.165) is 5.69 Å². The number of nitrogens with two attached hydrogens (primary N) is 1. The first kappa shape index (κ1) is 9.60. The maximum atomic E-state index is 5.69. The third-order valence-corrected chi connectivity index (χ3v) is 1.98. The predicted octanol–water partition coefficient (Wildman–Crippen LogP) is 2.42. The molecular weight excluding hydrogens is 288 g/mol. The van der Waals surface area contributed by atoms with Gasteiger partial charge in [-0.1, -0.05) is 11.6 Å². The highest BCUT2D eigenvalue weighted by atomic mass is 127. The van der Waals surface area contributed by atoms with Crippen molar-refractivity contribution in [2.45, 2.75) is 0 Å². The van der Waals surface area contributed by atoms with Crippen LogP contribution < -0.4 is 11.1 Å². The molecule has 0 atom stereocenters. The van der Waals surface area contributed by atoms with Gasteiger partial charge in [-0.15, -0.1) is 0 Å². The van der Waals surface area contributed by atoms with Gasteiger partial charge in [-0.05, 0) is 24.3 Å². The van der Waals surface area contributed by atoms with Crippen LogP contribution in [0, 0.1) is 0 Å². The molecule has 0 heterocycles. The lowest BCUT2D eigenvalue weighted by molar-refractivity contribution is 1.56. The van der Waals surface area contributed by atoms with E-state index in [1.807, 2.05) is 35.0 Å². The molecule has 3 nitrogen and oxygen atoms in total. The van der Waals surface area contributed by atoms with E-state index in [4.69, 9.17) is 17.3 Å². The normalized spacial score (nSPS) is 11.3. The van der Waals surface area contributed by atoms with Crippen molar-refractivity contribution in [3.8, 4) is 0 Å². The number of rotatable bonds is 1. The minimum Gasteiger partial charge on any atom is -0.369 e. The van der Waals surface area contributed by atoms with E-state index in [9.17, 15) is 0 Å². The fourth-order valence-corrected chi connectivity index (χ4v) is 0.949. The second kappa shape index (κ2) is 4.51. The van der Waals surface area contributed by atoms with Crippen molar-refractivity contribution in [1.29, 1.82) is 0 Å². The van der Waals surface area contributed by atoms with Crippen LogP contribution in [-0.4, -0.2) is 5.96 Å². The Morgan fingerprint density at radius 2 is 2.00 bits per heavy atom. The van der Waals surface area contributed by atoms with Crippen LogP contribution >= 0.6 is 34.5 Å². The SMILES string of the molecule is NC(=NI)Nc1ccc(Cl)cc1. The molecule has 0 aliphatic rings. The van der Waals surface area contributed by atoms with Gasteiger partial charge < -0.3 is 11.1 Å². The van der Waals surface area contributed by atoms with Gasteiger partial charge in [-0.3, -0.25) is 0 Å². The van der Waals surface area contributed by atoms with E-state index in [1.54, 1.807) is 12.1 Å². The van der Waals surface area contributed by atoms with Crippen LogP contribution in [0.2, 0.25) is 5.02 Å². The molecule has 0 unspecified atom stereocenters. The van der Waals surface area contributed by atoms with E-state index in [2.05, 4.69) is 8.52 Å². The van der Waals surface area contributed by atoms with Crippen molar-refractivity contribution in [1.82, 2.24) is 0 Å². The molecule has 0 spiro atoms. The molecule has 3 N–H and O–H groups in total. The second-order valence-electron chi connectivity index (χ2n) is 2.10. The molecule has 64 valence electrons. The number of hydrogen-bond donors (Lipinski definition) is 2. The van der Waals surface area contributed by atoms with Gasteiger partial charge in [-0.2, -0.15) is 3.21 Å². The molecule has 5 heteroatoms. The summed E-state index contributed by atoms with van der Waals surface area (Å²) in [6.07, 6.45) is 0. The molecular formula is C7H7ClIN3. The van der Waals surface area contributed by atoms with Gasteiger partial charge in [0.05, 0.1) is 22.9 Å². The van der Waals surface area contributed by atoms with Crippen molar-refractivity contribution in [3.63, 3.8) is 0 Å².